The molecule has 0 aliphatic carbocycles. The molecule has 0 radical (unpaired) electrons. The van der Waals surface area contributed by atoms with E-state index in [9.17, 15) is 0 Å². The quantitative estimate of drug-likeness (QED) is 0.364. The van der Waals surface area contributed by atoms with Crippen molar-refractivity contribution in [1.29, 1.82) is 0 Å². The standard InChI is InChI=1S/C17H36/c1-6-7-8-9-10-11-17(14-16(4)5)13-12-15(2)3/h15-17H,6-14H2,1-5H3. The zero-order chi connectivity index (χ0) is 13.1. The van der Waals surface area contributed by atoms with Crippen molar-refractivity contribution < 1.29 is 0 Å². The van der Waals surface area contributed by atoms with Crippen LogP contribution in [0.15, 0.2) is 0 Å². The van der Waals surface area contributed by atoms with Gasteiger partial charge in [-0.2, -0.15) is 0 Å². The smallest absolute Gasteiger partial charge is 0.0412 e. The van der Waals surface area contributed by atoms with Crippen molar-refractivity contribution in [3.05, 3.63) is 0 Å². The predicted octanol–water partition coefficient (Wildman–Crippen LogP) is 6.45. The predicted molar refractivity (Wildman–Crippen MR) is 80.4 cm³/mol. The monoisotopic (exact) mass is 240 g/mol. The van der Waals surface area contributed by atoms with Crippen molar-refractivity contribution in [2.75, 3.05) is 0 Å². The molecule has 0 aliphatic rings. The molecule has 0 spiro atoms. The molecule has 0 bridgehead atoms. The molecule has 104 valence electrons. The first kappa shape index (κ1) is 17.0. The molecule has 0 nitrogen and oxygen atoms in total. The van der Waals surface area contributed by atoms with Crippen LogP contribution < -0.4 is 0 Å². The van der Waals surface area contributed by atoms with Crippen LogP contribution in [-0.4, -0.2) is 0 Å². The highest BCUT2D eigenvalue weighted by Gasteiger charge is 2.11. The Balaban J connectivity index is 3.69. The fraction of sp³-hybridized carbons (Fsp3) is 1.00. The van der Waals surface area contributed by atoms with E-state index in [1.54, 1.807) is 0 Å². The van der Waals surface area contributed by atoms with Crippen molar-refractivity contribution in [2.24, 2.45) is 17.8 Å². The van der Waals surface area contributed by atoms with Crippen molar-refractivity contribution >= 4 is 0 Å². The van der Waals surface area contributed by atoms with E-state index in [-0.39, 0.29) is 0 Å². The van der Waals surface area contributed by atoms with Crippen LogP contribution in [0.4, 0.5) is 0 Å². The van der Waals surface area contributed by atoms with Gasteiger partial charge in [-0.25, -0.2) is 0 Å². The van der Waals surface area contributed by atoms with Crippen LogP contribution in [0.5, 0.6) is 0 Å². The molecule has 1 atom stereocenters. The third kappa shape index (κ3) is 12.2. The molecular formula is C17H36. The zero-order valence-corrected chi connectivity index (χ0v) is 13.1. The van der Waals surface area contributed by atoms with Gasteiger partial charge in [-0.05, 0) is 24.2 Å². The largest absolute Gasteiger partial charge is 0.0654 e. The summed E-state index contributed by atoms with van der Waals surface area (Å²) in [6, 6.07) is 0. The first-order valence-electron chi connectivity index (χ1n) is 8.06. The van der Waals surface area contributed by atoms with Crippen LogP contribution in [0.25, 0.3) is 0 Å². The maximum absolute atomic E-state index is 2.37. The second kappa shape index (κ2) is 11.1. The lowest BCUT2D eigenvalue weighted by molar-refractivity contribution is 0.327. The maximum atomic E-state index is 2.37. The molecule has 0 fully saturated rings. The summed E-state index contributed by atoms with van der Waals surface area (Å²) >= 11 is 0. The van der Waals surface area contributed by atoms with E-state index in [2.05, 4.69) is 34.6 Å². The SMILES string of the molecule is CCCCCCCC(CCC(C)C)CC(C)C. The van der Waals surface area contributed by atoms with Gasteiger partial charge in [0.05, 0.1) is 0 Å². The Morgan fingerprint density at radius 1 is 0.647 bits per heavy atom. The number of hydrogen-bond acceptors (Lipinski definition) is 0. The fourth-order valence-corrected chi connectivity index (χ4v) is 2.65. The molecule has 0 N–H and O–H groups in total. The van der Waals surface area contributed by atoms with Crippen LogP contribution in [0, 0.1) is 17.8 Å². The Morgan fingerprint density at radius 2 is 1.29 bits per heavy atom. The summed E-state index contributed by atoms with van der Waals surface area (Å²) in [5.74, 6) is 2.76. The zero-order valence-electron chi connectivity index (χ0n) is 13.1. The van der Waals surface area contributed by atoms with Gasteiger partial charge in [0.2, 0.25) is 0 Å². The van der Waals surface area contributed by atoms with E-state index >= 15 is 0 Å². The van der Waals surface area contributed by atoms with Crippen LogP contribution >= 0.6 is 0 Å². The average molecular weight is 240 g/mol. The summed E-state index contributed by atoms with van der Waals surface area (Å²) in [6.07, 6.45) is 13.0. The summed E-state index contributed by atoms with van der Waals surface area (Å²) in [5, 5.41) is 0. The lowest BCUT2D eigenvalue weighted by atomic mass is 9.86. The molecule has 0 heterocycles. The van der Waals surface area contributed by atoms with Crippen molar-refractivity contribution in [1.82, 2.24) is 0 Å². The molecule has 0 aromatic rings. The highest BCUT2D eigenvalue weighted by atomic mass is 14.2. The average Bonchev–Trinajstić information content (AvgIpc) is 2.24. The number of unbranched alkanes of at least 4 members (excludes halogenated alkanes) is 4. The van der Waals surface area contributed by atoms with Gasteiger partial charge in [0, 0.05) is 0 Å². The van der Waals surface area contributed by atoms with Crippen LogP contribution in [0.2, 0.25) is 0 Å². The summed E-state index contributed by atoms with van der Waals surface area (Å²) < 4.78 is 0. The normalized spacial score (nSPS) is 13.6. The van der Waals surface area contributed by atoms with Gasteiger partial charge in [0.25, 0.3) is 0 Å². The first-order chi connectivity index (χ1) is 8.06. The minimum absolute atomic E-state index is 0.878. The summed E-state index contributed by atoms with van der Waals surface area (Å²) in [6.45, 7) is 11.8. The Hall–Kier alpha value is 0. The second-order valence-corrected chi connectivity index (χ2v) is 6.67. The molecule has 0 heteroatoms. The van der Waals surface area contributed by atoms with E-state index in [1.165, 1.54) is 57.8 Å². The molecule has 0 amide bonds. The van der Waals surface area contributed by atoms with Gasteiger partial charge in [0.1, 0.15) is 0 Å². The molecule has 0 aromatic carbocycles. The second-order valence-electron chi connectivity index (χ2n) is 6.67. The molecule has 0 rings (SSSR count). The van der Waals surface area contributed by atoms with E-state index in [0.717, 1.165) is 17.8 Å². The molecular weight excluding hydrogens is 204 g/mol. The Kier molecular flexibility index (Phi) is 11.1. The van der Waals surface area contributed by atoms with Gasteiger partial charge in [-0.3, -0.25) is 0 Å². The lowest BCUT2D eigenvalue weighted by Crippen LogP contribution is -2.06. The van der Waals surface area contributed by atoms with Crippen LogP contribution in [-0.2, 0) is 0 Å². The van der Waals surface area contributed by atoms with Gasteiger partial charge in [-0.15, -0.1) is 0 Å². The molecule has 0 aromatic heterocycles. The minimum atomic E-state index is 0.878. The third-order valence-electron chi connectivity index (χ3n) is 3.67. The first-order valence-corrected chi connectivity index (χ1v) is 8.06. The minimum Gasteiger partial charge on any atom is -0.0654 e. The van der Waals surface area contributed by atoms with Crippen LogP contribution in [0.3, 0.4) is 0 Å². The van der Waals surface area contributed by atoms with Gasteiger partial charge >= 0.3 is 0 Å². The van der Waals surface area contributed by atoms with E-state index in [4.69, 9.17) is 0 Å². The highest BCUT2D eigenvalue weighted by molar-refractivity contribution is 4.63. The van der Waals surface area contributed by atoms with Crippen molar-refractivity contribution in [3.8, 4) is 0 Å². The molecule has 0 aliphatic heterocycles. The molecule has 0 saturated carbocycles. The maximum Gasteiger partial charge on any atom is -0.0412 e. The van der Waals surface area contributed by atoms with E-state index < -0.39 is 0 Å². The van der Waals surface area contributed by atoms with Gasteiger partial charge in [-0.1, -0.05) is 86.0 Å². The van der Waals surface area contributed by atoms with E-state index in [0.29, 0.717) is 0 Å². The third-order valence-corrected chi connectivity index (χ3v) is 3.67. The van der Waals surface area contributed by atoms with Gasteiger partial charge < -0.3 is 0 Å². The van der Waals surface area contributed by atoms with Crippen LogP contribution in [0.1, 0.15) is 92.4 Å². The fourth-order valence-electron chi connectivity index (χ4n) is 2.65. The summed E-state index contributed by atoms with van der Waals surface area (Å²) in [7, 11) is 0. The van der Waals surface area contributed by atoms with E-state index in [1.807, 2.05) is 0 Å². The van der Waals surface area contributed by atoms with Gasteiger partial charge in [0.15, 0.2) is 0 Å². The topological polar surface area (TPSA) is 0 Å². The Labute approximate surface area is 111 Å². The highest BCUT2D eigenvalue weighted by Crippen LogP contribution is 2.25. The summed E-state index contributed by atoms with van der Waals surface area (Å²) in [4.78, 5) is 0. The number of hydrogen-bond donors (Lipinski definition) is 0. The molecule has 1 unspecified atom stereocenters. The lowest BCUT2D eigenvalue weighted by Gasteiger charge is -2.20. The van der Waals surface area contributed by atoms with Crippen molar-refractivity contribution in [2.45, 2.75) is 92.4 Å². The Bertz CT molecular complexity index is 146. The Morgan fingerprint density at radius 3 is 1.82 bits per heavy atom. The van der Waals surface area contributed by atoms with Crippen molar-refractivity contribution in [3.63, 3.8) is 0 Å². The molecule has 17 heavy (non-hydrogen) atoms. The number of rotatable bonds is 11. The molecule has 0 saturated heterocycles. The summed E-state index contributed by atoms with van der Waals surface area (Å²) in [5.41, 5.74) is 0.